The molecule has 1 N–H and O–H groups in total. The first-order chi connectivity index (χ1) is 13.8. The number of ether oxygens (including phenoxy) is 1. The summed E-state index contributed by atoms with van der Waals surface area (Å²) in [6.45, 7) is 10.0. The lowest BCUT2D eigenvalue weighted by Crippen LogP contribution is -2.30. The number of hydrogen-bond donors (Lipinski definition) is 1. The number of nitrogens with one attached hydrogen (secondary N) is 1. The van der Waals surface area contributed by atoms with Crippen LogP contribution in [0, 0.1) is 27.7 Å². The van der Waals surface area contributed by atoms with Crippen LogP contribution in [0.3, 0.4) is 0 Å². The third-order valence-corrected chi connectivity index (χ3v) is 5.93. The molecule has 0 aliphatic carbocycles. The van der Waals surface area contributed by atoms with E-state index in [1.54, 1.807) is 18.3 Å². The number of aryl methyl sites for hydroxylation is 3. The molecule has 6 heteroatoms. The molecule has 2 heterocycles. The Balaban J connectivity index is 1.70. The standard InChI is InChI=1S/C23H26N2O3S/c1-14-8-6-9-15(2)21(14)24-22(26)18(5)28-23(27)20-12-16(3)25(17(20)4)13-19-10-7-11-29-19/h6-12,18H,13H2,1-5H3,(H,24,26)/t18-/m0/s1. The number of esters is 1. The van der Waals surface area contributed by atoms with Crippen LogP contribution in [0.15, 0.2) is 41.8 Å². The van der Waals surface area contributed by atoms with E-state index in [1.807, 2.05) is 63.4 Å². The molecule has 5 nitrogen and oxygen atoms in total. The van der Waals surface area contributed by atoms with Crippen LogP contribution in [0.1, 0.15) is 44.7 Å². The van der Waals surface area contributed by atoms with E-state index in [1.165, 1.54) is 4.88 Å². The Hall–Kier alpha value is -2.86. The van der Waals surface area contributed by atoms with Crippen molar-refractivity contribution in [1.29, 1.82) is 0 Å². The van der Waals surface area contributed by atoms with Crippen molar-refractivity contribution in [2.75, 3.05) is 5.32 Å². The Labute approximate surface area is 175 Å². The van der Waals surface area contributed by atoms with Crippen molar-refractivity contribution < 1.29 is 14.3 Å². The van der Waals surface area contributed by atoms with E-state index in [4.69, 9.17) is 4.74 Å². The molecule has 1 aromatic carbocycles. The van der Waals surface area contributed by atoms with Gasteiger partial charge < -0.3 is 14.6 Å². The Morgan fingerprint density at radius 3 is 2.41 bits per heavy atom. The maximum absolute atomic E-state index is 12.7. The second-order valence-corrected chi connectivity index (χ2v) is 8.29. The molecule has 0 fully saturated rings. The Morgan fingerprint density at radius 1 is 1.10 bits per heavy atom. The second-order valence-electron chi connectivity index (χ2n) is 7.25. The number of para-hydroxylation sites is 1. The van der Waals surface area contributed by atoms with Crippen LogP contribution >= 0.6 is 11.3 Å². The molecule has 2 aromatic heterocycles. The van der Waals surface area contributed by atoms with Gasteiger partial charge in [-0.05, 0) is 63.3 Å². The first-order valence-electron chi connectivity index (χ1n) is 9.55. The van der Waals surface area contributed by atoms with Crippen molar-refractivity contribution >= 4 is 28.9 Å². The molecule has 29 heavy (non-hydrogen) atoms. The monoisotopic (exact) mass is 410 g/mol. The molecule has 0 aliphatic heterocycles. The minimum Gasteiger partial charge on any atom is -0.449 e. The lowest BCUT2D eigenvalue weighted by molar-refractivity contribution is -0.123. The maximum atomic E-state index is 12.7. The summed E-state index contributed by atoms with van der Waals surface area (Å²) in [6, 6.07) is 11.7. The summed E-state index contributed by atoms with van der Waals surface area (Å²) >= 11 is 1.68. The Bertz CT molecular complexity index is 1010. The zero-order valence-electron chi connectivity index (χ0n) is 17.4. The van der Waals surface area contributed by atoms with Gasteiger partial charge in [-0.25, -0.2) is 4.79 Å². The van der Waals surface area contributed by atoms with Gasteiger partial charge in [0, 0.05) is 22.0 Å². The number of thiophene rings is 1. The van der Waals surface area contributed by atoms with E-state index in [9.17, 15) is 9.59 Å². The summed E-state index contributed by atoms with van der Waals surface area (Å²) in [5.74, 6) is -0.831. The highest BCUT2D eigenvalue weighted by atomic mass is 32.1. The van der Waals surface area contributed by atoms with Gasteiger partial charge in [-0.2, -0.15) is 0 Å². The third-order valence-electron chi connectivity index (χ3n) is 5.07. The van der Waals surface area contributed by atoms with E-state index in [2.05, 4.69) is 16.0 Å². The van der Waals surface area contributed by atoms with E-state index in [-0.39, 0.29) is 5.91 Å². The van der Waals surface area contributed by atoms with Crippen LogP contribution in [0.25, 0.3) is 0 Å². The lowest BCUT2D eigenvalue weighted by Gasteiger charge is -2.16. The van der Waals surface area contributed by atoms with Crippen molar-refractivity contribution in [2.45, 2.75) is 47.3 Å². The fourth-order valence-corrected chi connectivity index (χ4v) is 4.02. The van der Waals surface area contributed by atoms with E-state index >= 15 is 0 Å². The van der Waals surface area contributed by atoms with Crippen LogP contribution in [0.2, 0.25) is 0 Å². The fourth-order valence-electron chi connectivity index (χ4n) is 3.32. The van der Waals surface area contributed by atoms with E-state index in [0.29, 0.717) is 12.1 Å². The van der Waals surface area contributed by atoms with Gasteiger partial charge in [-0.15, -0.1) is 11.3 Å². The maximum Gasteiger partial charge on any atom is 0.340 e. The highest BCUT2D eigenvalue weighted by Gasteiger charge is 2.23. The second kappa shape index (κ2) is 8.66. The highest BCUT2D eigenvalue weighted by molar-refractivity contribution is 7.09. The van der Waals surface area contributed by atoms with Crippen LogP contribution in [0.5, 0.6) is 0 Å². The molecular weight excluding hydrogens is 384 g/mol. The van der Waals surface area contributed by atoms with Gasteiger partial charge in [0.25, 0.3) is 5.91 Å². The van der Waals surface area contributed by atoms with Gasteiger partial charge in [0.2, 0.25) is 0 Å². The zero-order chi connectivity index (χ0) is 21.1. The molecular formula is C23H26N2O3S. The minimum atomic E-state index is -0.901. The number of rotatable bonds is 6. The number of carbonyl (C=O) groups excluding carboxylic acids is 2. The minimum absolute atomic E-state index is 0.344. The molecule has 0 unspecified atom stereocenters. The number of amides is 1. The highest BCUT2D eigenvalue weighted by Crippen LogP contribution is 2.22. The predicted molar refractivity (Wildman–Crippen MR) is 117 cm³/mol. The fraction of sp³-hybridized carbons (Fsp3) is 0.304. The van der Waals surface area contributed by atoms with Crippen molar-refractivity contribution in [3.63, 3.8) is 0 Å². The first-order valence-corrected chi connectivity index (χ1v) is 10.4. The molecule has 0 aliphatic rings. The zero-order valence-corrected chi connectivity index (χ0v) is 18.2. The van der Waals surface area contributed by atoms with Gasteiger partial charge in [0.05, 0.1) is 12.1 Å². The normalized spacial score (nSPS) is 11.9. The number of carbonyl (C=O) groups is 2. The molecule has 0 spiro atoms. The van der Waals surface area contributed by atoms with Gasteiger partial charge >= 0.3 is 5.97 Å². The van der Waals surface area contributed by atoms with Gasteiger partial charge in [0.15, 0.2) is 6.10 Å². The lowest BCUT2D eigenvalue weighted by atomic mass is 10.1. The summed E-state index contributed by atoms with van der Waals surface area (Å²) in [6.07, 6.45) is -0.901. The number of nitrogens with zero attached hydrogens (tertiary/aromatic N) is 1. The van der Waals surface area contributed by atoms with E-state index in [0.717, 1.165) is 28.2 Å². The van der Waals surface area contributed by atoms with Crippen molar-refractivity contribution in [3.8, 4) is 0 Å². The summed E-state index contributed by atoms with van der Waals surface area (Å²) in [5.41, 5.74) is 5.00. The van der Waals surface area contributed by atoms with Crippen molar-refractivity contribution in [2.24, 2.45) is 0 Å². The SMILES string of the molecule is Cc1cccc(C)c1NC(=O)[C@H](C)OC(=O)c1cc(C)n(Cc2cccs2)c1C. The van der Waals surface area contributed by atoms with Crippen molar-refractivity contribution in [3.05, 3.63) is 74.7 Å². The van der Waals surface area contributed by atoms with Crippen LogP contribution in [-0.4, -0.2) is 22.5 Å². The first kappa shape index (κ1) is 20.9. The molecule has 0 radical (unpaired) electrons. The summed E-state index contributed by atoms with van der Waals surface area (Å²) in [7, 11) is 0. The number of benzene rings is 1. The smallest absolute Gasteiger partial charge is 0.340 e. The summed E-state index contributed by atoms with van der Waals surface area (Å²) in [5, 5.41) is 4.91. The number of hydrogen-bond acceptors (Lipinski definition) is 4. The molecule has 0 bridgehead atoms. The molecule has 3 rings (SSSR count). The molecule has 3 aromatic rings. The topological polar surface area (TPSA) is 60.3 Å². The number of anilines is 1. The summed E-state index contributed by atoms with van der Waals surface area (Å²) in [4.78, 5) is 26.5. The van der Waals surface area contributed by atoms with Crippen LogP contribution < -0.4 is 5.32 Å². The van der Waals surface area contributed by atoms with Gasteiger partial charge in [-0.3, -0.25) is 4.79 Å². The summed E-state index contributed by atoms with van der Waals surface area (Å²) < 4.78 is 7.56. The molecule has 1 atom stereocenters. The number of aromatic nitrogens is 1. The molecule has 152 valence electrons. The Kier molecular flexibility index (Phi) is 6.23. The largest absolute Gasteiger partial charge is 0.449 e. The predicted octanol–water partition coefficient (Wildman–Crippen LogP) is 5.02. The van der Waals surface area contributed by atoms with Gasteiger partial charge in [0.1, 0.15) is 0 Å². The van der Waals surface area contributed by atoms with E-state index < -0.39 is 12.1 Å². The van der Waals surface area contributed by atoms with Crippen LogP contribution in [0.4, 0.5) is 5.69 Å². The average molecular weight is 411 g/mol. The quantitative estimate of drug-likeness (QED) is 0.581. The molecule has 0 saturated heterocycles. The average Bonchev–Trinajstić information content (AvgIpc) is 3.28. The van der Waals surface area contributed by atoms with Crippen molar-refractivity contribution in [1.82, 2.24) is 4.57 Å². The van der Waals surface area contributed by atoms with Crippen LogP contribution in [-0.2, 0) is 16.1 Å². The molecule has 1 amide bonds. The molecule has 0 saturated carbocycles. The Morgan fingerprint density at radius 2 is 1.79 bits per heavy atom. The third kappa shape index (κ3) is 4.59. The van der Waals surface area contributed by atoms with Gasteiger partial charge in [-0.1, -0.05) is 24.3 Å².